The molecule has 4 heteroatoms. The molecule has 0 aliphatic carbocycles. The third-order valence-corrected chi connectivity index (χ3v) is 24.1. The quantitative estimate of drug-likeness (QED) is 0.126. The van der Waals surface area contributed by atoms with Crippen molar-refractivity contribution in [3.8, 4) is 0 Å². The van der Waals surface area contributed by atoms with E-state index in [4.69, 9.17) is 17.0 Å². The number of rotatable bonds is 4. The van der Waals surface area contributed by atoms with Crippen LogP contribution in [0.5, 0.6) is 0 Å². The molecule has 0 fully saturated rings. The van der Waals surface area contributed by atoms with Crippen molar-refractivity contribution in [3.63, 3.8) is 0 Å². The Morgan fingerprint density at radius 2 is 0.909 bits per heavy atom. The summed E-state index contributed by atoms with van der Waals surface area (Å²) in [6.07, 6.45) is 0. The number of hydrogen-bond donors (Lipinski definition) is 0. The molecular weight excluding hydrogens is 671 g/mol. The molecule has 0 unspecified atom stereocenters. The summed E-state index contributed by atoms with van der Waals surface area (Å²) in [4.78, 5) is 0. The van der Waals surface area contributed by atoms with Crippen molar-refractivity contribution in [1.82, 2.24) is 0 Å². The average Bonchev–Trinajstić information content (AvgIpc) is 3.58. The monoisotopic (exact) mass is 712 g/mol. The van der Waals surface area contributed by atoms with Crippen molar-refractivity contribution in [3.05, 3.63) is 143 Å². The van der Waals surface area contributed by atoms with Gasteiger partial charge in [-0.15, -0.1) is 68.1 Å². The molecule has 0 amide bonds. The van der Waals surface area contributed by atoms with Crippen LogP contribution in [0, 0.1) is 27.7 Å². The van der Waals surface area contributed by atoms with Crippen molar-refractivity contribution >= 4 is 54.4 Å². The Kier molecular flexibility index (Phi) is 12.5. The van der Waals surface area contributed by atoms with Gasteiger partial charge < -0.3 is 0 Å². The van der Waals surface area contributed by atoms with Crippen LogP contribution < -0.4 is 10.4 Å². The minimum atomic E-state index is -2.26. The van der Waals surface area contributed by atoms with Gasteiger partial charge in [0.1, 0.15) is 0 Å². The molecule has 6 aromatic carbocycles. The first-order valence-corrected chi connectivity index (χ1v) is 27.0. The zero-order valence-corrected chi connectivity index (χ0v) is 32.3. The van der Waals surface area contributed by atoms with Crippen LogP contribution in [-0.2, 0) is 18.0 Å². The van der Waals surface area contributed by atoms with Gasteiger partial charge in [-0.25, -0.2) is 0 Å². The van der Waals surface area contributed by atoms with E-state index in [0.29, 0.717) is 11.8 Å². The molecule has 0 atom stereocenters. The van der Waals surface area contributed by atoms with Gasteiger partial charge in [-0.05, 0) is 11.8 Å². The standard InChI is InChI=1S/2C14H17.C12H10Si.2ClH.Zr/c2*1-9(2)12-6-5-11(4)13-7-10(3)8-14(12)13;1-3-7-11(8-4-1)13-12-9-5-2-6-10-12;;;/h2*5-9H,1-4H3;1-10H;2*1H;/q2*-1;;;;+2/p-2. The van der Waals surface area contributed by atoms with Crippen LogP contribution in [0.1, 0.15) is 72.9 Å². The van der Waals surface area contributed by atoms with Gasteiger partial charge in [0.05, 0.1) is 0 Å². The van der Waals surface area contributed by atoms with Gasteiger partial charge in [0.2, 0.25) is 0 Å². The molecule has 0 aliphatic rings. The summed E-state index contributed by atoms with van der Waals surface area (Å²) in [5.41, 5.74) is 7.57. The number of benzene rings is 4. The number of aryl methyl sites for hydroxylation is 4. The molecule has 0 heterocycles. The van der Waals surface area contributed by atoms with Crippen molar-refractivity contribution in [1.29, 1.82) is 0 Å². The van der Waals surface area contributed by atoms with E-state index in [2.05, 4.69) is 152 Å². The molecule has 0 bridgehead atoms. The van der Waals surface area contributed by atoms with Crippen LogP contribution in [-0.4, -0.2) is 5.43 Å². The van der Waals surface area contributed by atoms with Gasteiger partial charge in [-0.2, -0.15) is 12.1 Å². The van der Waals surface area contributed by atoms with Gasteiger partial charge in [-0.3, -0.25) is 0 Å². The van der Waals surface area contributed by atoms with Gasteiger partial charge in [-0.1, -0.05) is 78.6 Å². The second-order valence-electron chi connectivity index (χ2n) is 12.3. The molecule has 0 N–H and O–H groups in total. The number of fused-ring (bicyclic) bond motifs is 2. The molecule has 0 aliphatic heterocycles. The van der Waals surface area contributed by atoms with Gasteiger partial charge in [0, 0.05) is 0 Å². The predicted octanol–water partition coefficient (Wildman–Crippen LogP) is 11.3. The molecule has 0 saturated heterocycles. The zero-order valence-electron chi connectivity index (χ0n) is 27.3. The van der Waals surface area contributed by atoms with E-state index in [1.807, 2.05) is 12.1 Å². The first-order chi connectivity index (χ1) is 21.0. The van der Waals surface area contributed by atoms with Gasteiger partial charge in [0.25, 0.3) is 0 Å². The van der Waals surface area contributed by atoms with E-state index in [9.17, 15) is 0 Å². The van der Waals surface area contributed by atoms with E-state index in [1.165, 1.54) is 65.3 Å². The SMILES string of the molecule is Cc1cc2c(C(C)C)ccc(C)c2[cH-]1.Cc1cc2c(C(C)C)ccc(C)c2[cH-]1.[Cl][Zr]([Cl])=[Si](c1ccccc1)c1ccccc1. The Labute approximate surface area is 280 Å². The molecule has 0 aromatic heterocycles. The van der Waals surface area contributed by atoms with Crippen LogP contribution in [0.3, 0.4) is 0 Å². The summed E-state index contributed by atoms with van der Waals surface area (Å²) in [6.45, 7) is 17.7. The fourth-order valence-corrected chi connectivity index (χ4v) is 21.1. The van der Waals surface area contributed by atoms with Crippen LogP contribution in [0.15, 0.2) is 109 Å². The van der Waals surface area contributed by atoms with Crippen molar-refractivity contribution in [2.75, 3.05) is 0 Å². The van der Waals surface area contributed by atoms with E-state index in [-0.39, 0.29) is 0 Å². The van der Waals surface area contributed by atoms with E-state index in [1.54, 1.807) is 0 Å². The topological polar surface area (TPSA) is 0 Å². The van der Waals surface area contributed by atoms with Crippen LogP contribution in [0.25, 0.3) is 21.5 Å². The van der Waals surface area contributed by atoms with E-state index in [0.717, 1.165) is 0 Å². The van der Waals surface area contributed by atoms with Crippen molar-refractivity contribution in [2.24, 2.45) is 0 Å². The Bertz CT molecular complexity index is 1720. The Hall–Kier alpha value is -2.22. The molecule has 0 nitrogen and oxygen atoms in total. The van der Waals surface area contributed by atoms with E-state index >= 15 is 0 Å². The molecule has 6 aromatic rings. The fourth-order valence-electron chi connectivity index (χ4n) is 5.83. The van der Waals surface area contributed by atoms with Gasteiger partial charge >= 0.3 is 111 Å². The average molecular weight is 715 g/mol. The Morgan fingerprint density at radius 3 is 1.23 bits per heavy atom. The molecule has 6 rings (SSSR count). The summed E-state index contributed by atoms with van der Waals surface area (Å²) in [6, 6.07) is 39.1. The third kappa shape index (κ3) is 8.52. The zero-order chi connectivity index (χ0) is 32.0. The van der Waals surface area contributed by atoms with Gasteiger partial charge in [0.15, 0.2) is 0 Å². The normalized spacial score (nSPS) is 10.9. The fraction of sp³-hybridized carbons (Fsp3) is 0.250. The molecule has 0 radical (unpaired) electrons. The maximum absolute atomic E-state index is 6.32. The van der Waals surface area contributed by atoms with Crippen LogP contribution >= 0.6 is 17.0 Å². The Morgan fingerprint density at radius 1 is 0.545 bits per heavy atom. The number of hydrogen-bond acceptors (Lipinski definition) is 0. The molecule has 0 spiro atoms. The summed E-state index contributed by atoms with van der Waals surface area (Å²) < 4.78 is 0. The minimum absolute atomic E-state index is 0.611. The predicted molar refractivity (Wildman–Crippen MR) is 196 cm³/mol. The first-order valence-electron chi connectivity index (χ1n) is 15.5. The van der Waals surface area contributed by atoms with E-state index < -0.39 is 23.4 Å². The van der Waals surface area contributed by atoms with Crippen LogP contribution in [0.4, 0.5) is 0 Å². The van der Waals surface area contributed by atoms with Crippen LogP contribution in [0.2, 0.25) is 0 Å². The summed E-state index contributed by atoms with van der Waals surface area (Å²) >= 11 is -2.26. The first kappa shape index (κ1) is 34.6. The molecule has 0 saturated carbocycles. The summed E-state index contributed by atoms with van der Waals surface area (Å²) in [5, 5.41) is 8.40. The second-order valence-corrected chi connectivity index (χ2v) is 31.5. The third-order valence-electron chi connectivity index (χ3n) is 8.12. The van der Waals surface area contributed by atoms with Crippen molar-refractivity contribution < 1.29 is 18.0 Å². The summed E-state index contributed by atoms with van der Waals surface area (Å²) in [5.74, 6) is 1.22. The molecular formula is C40H44Cl2SiZr-2. The maximum atomic E-state index is 6.32. The number of halogens is 2. The second kappa shape index (κ2) is 15.9. The Balaban J connectivity index is 0.000000151. The molecule has 44 heavy (non-hydrogen) atoms. The van der Waals surface area contributed by atoms with Crippen molar-refractivity contribution in [2.45, 2.75) is 67.2 Å². The molecule has 228 valence electrons. The summed E-state index contributed by atoms with van der Waals surface area (Å²) in [7, 11) is 12.6.